The summed E-state index contributed by atoms with van der Waals surface area (Å²) in [6.45, 7) is 1.58. The molecule has 0 radical (unpaired) electrons. The molecule has 7 heteroatoms. The molecule has 2 amide bonds. The molecule has 3 aromatic rings. The van der Waals surface area contributed by atoms with Gasteiger partial charge in [0.2, 0.25) is 0 Å². The number of nitrogens with one attached hydrogen (secondary N) is 2. The molecule has 0 atom stereocenters. The third kappa shape index (κ3) is 5.42. The van der Waals surface area contributed by atoms with Crippen LogP contribution in [0.3, 0.4) is 0 Å². The van der Waals surface area contributed by atoms with Crippen LogP contribution >= 0.6 is 15.9 Å². The highest BCUT2D eigenvalue weighted by Crippen LogP contribution is 2.23. The average Bonchev–Trinajstić information content (AvgIpc) is 2.71. The molecule has 0 bridgehead atoms. The highest BCUT2D eigenvalue weighted by atomic mass is 79.9. The van der Waals surface area contributed by atoms with Crippen LogP contribution < -0.4 is 15.4 Å². The fourth-order valence-electron chi connectivity index (χ4n) is 2.54. The van der Waals surface area contributed by atoms with Gasteiger partial charge in [0.15, 0.2) is 6.61 Å². The number of hydrogen-bond donors (Lipinski definition) is 2. The van der Waals surface area contributed by atoms with Gasteiger partial charge in [0.05, 0.1) is 11.3 Å². The van der Waals surface area contributed by atoms with Gasteiger partial charge in [-0.25, -0.2) is 4.39 Å². The number of aryl methyl sites for hydroxylation is 1. The molecule has 0 saturated carbocycles. The van der Waals surface area contributed by atoms with E-state index in [1.165, 1.54) is 18.2 Å². The lowest BCUT2D eigenvalue weighted by atomic mass is 10.1. The second kappa shape index (κ2) is 9.34. The fourth-order valence-corrected chi connectivity index (χ4v) is 2.92. The predicted octanol–water partition coefficient (Wildman–Crippen LogP) is 5.17. The first-order valence-electron chi connectivity index (χ1n) is 8.78. The van der Waals surface area contributed by atoms with E-state index in [0.29, 0.717) is 5.69 Å². The van der Waals surface area contributed by atoms with Crippen molar-refractivity contribution in [1.82, 2.24) is 0 Å². The minimum atomic E-state index is -0.537. The van der Waals surface area contributed by atoms with Crippen molar-refractivity contribution in [3.63, 3.8) is 0 Å². The second-order valence-electron chi connectivity index (χ2n) is 6.23. The highest BCUT2D eigenvalue weighted by Gasteiger charge is 2.14. The Morgan fingerprint density at radius 3 is 2.48 bits per heavy atom. The van der Waals surface area contributed by atoms with E-state index in [1.807, 2.05) is 13.0 Å². The Bertz CT molecular complexity index is 1060. The van der Waals surface area contributed by atoms with E-state index >= 15 is 0 Å². The molecule has 0 fully saturated rings. The minimum absolute atomic E-state index is 0.0667. The third-order valence-corrected chi connectivity index (χ3v) is 4.92. The molecule has 29 heavy (non-hydrogen) atoms. The molecule has 148 valence electrons. The normalized spacial score (nSPS) is 10.3. The number of amides is 2. The van der Waals surface area contributed by atoms with Crippen LogP contribution in [0.2, 0.25) is 0 Å². The summed E-state index contributed by atoms with van der Waals surface area (Å²) in [5.41, 5.74) is 2.02. The van der Waals surface area contributed by atoms with Crippen molar-refractivity contribution in [3.8, 4) is 5.75 Å². The van der Waals surface area contributed by atoms with Crippen LogP contribution in [0, 0.1) is 12.7 Å². The van der Waals surface area contributed by atoms with Gasteiger partial charge in [-0.2, -0.15) is 0 Å². The Labute approximate surface area is 176 Å². The van der Waals surface area contributed by atoms with Gasteiger partial charge in [-0.15, -0.1) is 0 Å². The molecule has 0 aliphatic carbocycles. The number of carbonyl (C=O) groups is 2. The van der Waals surface area contributed by atoms with Crippen LogP contribution in [0.25, 0.3) is 0 Å². The zero-order valence-electron chi connectivity index (χ0n) is 15.5. The molecule has 0 aliphatic heterocycles. The van der Waals surface area contributed by atoms with E-state index in [4.69, 9.17) is 4.74 Å². The van der Waals surface area contributed by atoms with E-state index < -0.39 is 11.7 Å². The van der Waals surface area contributed by atoms with Gasteiger partial charge in [-0.05, 0) is 48.9 Å². The molecule has 0 heterocycles. The lowest BCUT2D eigenvalue weighted by Gasteiger charge is -2.12. The molecular weight excluding hydrogens is 439 g/mol. The van der Waals surface area contributed by atoms with Crippen LogP contribution in [-0.4, -0.2) is 18.4 Å². The van der Waals surface area contributed by atoms with Crippen molar-refractivity contribution in [2.45, 2.75) is 6.92 Å². The fraction of sp³-hybridized carbons (Fsp3) is 0.0909. The maximum absolute atomic E-state index is 13.6. The van der Waals surface area contributed by atoms with E-state index in [1.54, 1.807) is 42.5 Å². The number of carbonyl (C=O) groups excluding carboxylic acids is 2. The molecule has 0 aromatic heterocycles. The SMILES string of the molecule is Cc1ccc(NC(=O)c2ccccc2OCC(=O)Nc2ccccc2F)cc1Br. The molecule has 0 saturated heterocycles. The van der Waals surface area contributed by atoms with Gasteiger partial charge < -0.3 is 15.4 Å². The quantitative estimate of drug-likeness (QED) is 0.537. The summed E-state index contributed by atoms with van der Waals surface area (Å²) in [6, 6.07) is 17.9. The Kier molecular flexibility index (Phi) is 6.61. The predicted molar refractivity (Wildman–Crippen MR) is 114 cm³/mol. The lowest BCUT2D eigenvalue weighted by molar-refractivity contribution is -0.118. The monoisotopic (exact) mass is 456 g/mol. The standard InChI is InChI=1S/C22H18BrFN2O3/c1-14-10-11-15(12-17(14)23)25-22(28)16-6-2-5-9-20(16)29-13-21(27)26-19-8-4-3-7-18(19)24/h2-12H,13H2,1H3,(H,25,28)(H,26,27). The van der Waals surface area contributed by atoms with Crippen LogP contribution in [0.5, 0.6) is 5.75 Å². The number of para-hydroxylation sites is 2. The zero-order valence-corrected chi connectivity index (χ0v) is 17.1. The van der Waals surface area contributed by atoms with Crippen LogP contribution in [-0.2, 0) is 4.79 Å². The number of rotatable bonds is 6. The molecule has 3 rings (SSSR count). The number of halogens is 2. The van der Waals surface area contributed by atoms with Crippen molar-refractivity contribution in [3.05, 3.63) is 88.1 Å². The maximum atomic E-state index is 13.6. The lowest BCUT2D eigenvalue weighted by Crippen LogP contribution is -2.22. The Hall–Kier alpha value is -3.19. The summed E-state index contributed by atoms with van der Waals surface area (Å²) in [5, 5.41) is 5.24. The summed E-state index contributed by atoms with van der Waals surface area (Å²) in [4.78, 5) is 24.7. The van der Waals surface area contributed by atoms with Gasteiger partial charge in [-0.3, -0.25) is 9.59 Å². The molecule has 0 aliphatic rings. The Morgan fingerprint density at radius 1 is 1.00 bits per heavy atom. The largest absolute Gasteiger partial charge is 0.483 e. The topological polar surface area (TPSA) is 67.4 Å². The zero-order chi connectivity index (χ0) is 20.8. The average molecular weight is 457 g/mol. The highest BCUT2D eigenvalue weighted by molar-refractivity contribution is 9.10. The first-order chi connectivity index (χ1) is 13.9. The summed E-state index contributed by atoms with van der Waals surface area (Å²) >= 11 is 3.43. The minimum Gasteiger partial charge on any atom is -0.483 e. The number of ether oxygens (including phenoxy) is 1. The van der Waals surface area contributed by atoms with Crippen molar-refractivity contribution in [2.75, 3.05) is 17.2 Å². The van der Waals surface area contributed by atoms with Gasteiger partial charge in [0, 0.05) is 10.2 Å². The Morgan fingerprint density at radius 2 is 1.72 bits per heavy atom. The smallest absolute Gasteiger partial charge is 0.262 e. The molecule has 3 aromatic carbocycles. The molecule has 0 spiro atoms. The second-order valence-corrected chi connectivity index (χ2v) is 7.09. The number of hydrogen-bond acceptors (Lipinski definition) is 3. The first-order valence-corrected chi connectivity index (χ1v) is 9.57. The van der Waals surface area contributed by atoms with E-state index in [-0.39, 0.29) is 29.5 Å². The van der Waals surface area contributed by atoms with Crippen LogP contribution in [0.1, 0.15) is 15.9 Å². The van der Waals surface area contributed by atoms with Crippen LogP contribution in [0.4, 0.5) is 15.8 Å². The van der Waals surface area contributed by atoms with Gasteiger partial charge in [-0.1, -0.05) is 46.3 Å². The van der Waals surface area contributed by atoms with Gasteiger partial charge in [0.1, 0.15) is 11.6 Å². The molecule has 0 unspecified atom stereocenters. The number of anilines is 2. The summed E-state index contributed by atoms with van der Waals surface area (Å²) in [5.74, 6) is -1.19. The van der Waals surface area contributed by atoms with E-state index in [9.17, 15) is 14.0 Å². The summed E-state index contributed by atoms with van der Waals surface area (Å²) < 4.78 is 20.0. The molecular formula is C22H18BrFN2O3. The summed E-state index contributed by atoms with van der Waals surface area (Å²) in [7, 11) is 0. The van der Waals surface area contributed by atoms with Gasteiger partial charge >= 0.3 is 0 Å². The van der Waals surface area contributed by atoms with E-state index in [0.717, 1.165) is 10.0 Å². The molecule has 2 N–H and O–H groups in total. The summed E-state index contributed by atoms with van der Waals surface area (Å²) in [6.07, 6.45) is 0. The first kappa shape index (κ1) is 20.5. The van der Waals surface area contributed by atoms with Crippen molar-refractivity contribution in [1.29, 1.82) is 0 Å². The maximum Gasteiger partial charge on any atom is 0.262 e. The van der Waals surface area contributed by atoms with Crippen LogP contribution in [0.15, 0.2) is 71.2 Å². The third-order valence-electron chi connectivity index (χ3n) is 4.07. The van der Waals surface area contributed by atoms with E-state index in [2.05, 4.69) is 26.6 Å². The van der Waals surface area contributed by atoms with Gasteiger partial charge in [0.25, 0.3) is 11.8 Å². The van der Waals surface area contributed by atoms with Crippen molar-refractivity contribution >= 4 is 39.1 Å². The van der Waals surface area contributed by atoms with Crippen molar-refractivity contribution < 1.29 is 18.7 Å². The number of benzene rings is 3. The Balaban J connectivity index is 1.66. The molecule has 5 nitrogen and oxygen atoms in total. The van der Waals surface area contributed by atoms with Crippen molar-refractivity contribution in [2.24, 2.45) is 0 Å².